The van der Waals surface area contributed by atoms with Crippen LogP contribution in [0.4, 0.5) is 5.69 Å². The second-order valence-electron chi connectivity index (χ2n) is 6.52. The lowest BCUT2D eigenvalue weighted by atomic mass is 9.96. The van der Waals surface area contributed by atoms with E-state index in [1.165, 1.54) is 5.56 Å². The normalized spacial score (nSPS) is 11.9. The van der Waals surface area contributed by atoms with Crippen molar-refractivity contribution in [1.82, 2.24) is 10.2 Å². The lowest BCUT2D eigenvalue weighted by Crippen LogP contribution is -2.40. The maximum atomic E-state index is 12.2. The highest BCUT2D eigenvalue weighted by Gasteiger charge is 2.14. The van der Waals surface area contributed by atoms with E-state index in [1.54, 1.807) is 36.2 Å². The minimum Gasteiger partial charge on any atom is -0.354 e. The molecule has 27 heavy (non-hydrogen) atoms. The van der Waals surface area contributed by atoms with Gasteiger partial charge in [0.25, 0.3) is 0 Å². The van der Waals surface area contributed by atoms with Crippen LogP contribution in [0.5, 0.6) is 0 Å². The van der Waals surface area contributed by atoms with Gasteiger partial charge in [0.2, 0.25) is 11.8 Å². The number of amides is 2. The Morgan fingerprint density at radius 2 is 1.63 bits per heavy atom. The zero-order valence-corrected chi connectivity index (χ0v) is 16.5. The van der Waals surface area contributed by atoms with Crippen LogP contribution in [-0.4, -0.2) is 43.4 Å². The Labute approximate surface area is 165 Å². The van der Waals surface area contributed by atoms with Gasteiger partial charge in [-0.25, -0.2) is 0 Å². The molecule has 2 N–H and O–H groups in total. The molecule has 0 aromatic heterocycles. The molecule has 2 rings (SSSR count). The van der Waals surface area contributed by atoms with Crippen molar-refractivity contribution in [3.63, 3.8) is 0 Å². The van der Waals surface area contributed by atoms with Gasteiger partial charge in [-0.1, -0.05) is 61.0 Å². The fraction of sp³-hybridized carbons (Fsp3) is 0.333. The molecule has 0 saturated carbocycles. The fourth-order valence-electron chi connectivity index (χ4n) is 2.81. The highest BCUT2D eigenvalue weighted by Crippen LogP contribution is 2.20. The summed E-state index contributed by atoms with van der Waals surface area (Å²) in [6.45, 7) is 2.95. The average molecular weight is 388 g/mol. The Morgan fingerprint density at radius 3 is 2.30 bits per heavy atom. The van der Waals surface area contributed by atoms with Gasteiger partial charge in [0.05, 0.1) is 23.8 Å². The number of hydrogen-bond donors (Lipinski definition) is 2. The standard InChI is InChI=1S/C21H26ClN3O2/c1-3-16(17-9-5-4-6-10-17)13-23-20(26)14-25(2)15-21(27)24-19-12-8-7-11-18(19)22/h4-12,16H,3,13-15H2,1-2H3,(H,23,26)(H,24,27)/t16-/m1/s1. The summed E-state index contributed by atoms with van der Waals surface area (Å²) < 4.78 is 0. The molecule has 0 spiro atoms. The molecule has 0 radical (unpaired) electrons. The molecule has 0 fully saturated rings. The Kier molecular flexibility index (Phi) is 8.30. The summed E-state index contributed by atoms with van der Waals surface area (Å²) in [5, 5.41) is 6.20. The number of likely N-dealkylation sites (N-methyl/N-ethyl adjacent to an activating group) is 1. The number of benzene rings is 2. The zero-order valence-electron chi connectivity index (χ0n) is 15.7. The van der Waals surface area contributed by atoms with E-state index in [4.69, 9.17) is 11.6 Å². The van der Waals surface area contributed by atoms with E-state index in [2.05, 4.69) is 29.7 Å². The third kappa shape index (κ3) is 7.04. The number of carbonyl (C=O) groups excluding carboxylic acids is 2. The molecule has 0 aliphatic rings. The van der Waals surface area contributed by atoms with Crippen LogP contribution in [0.2, 0.25) is 5.02 Å². The van der Waals surface area contributed by atoms with E-state index >= 15 is 0 Å². The fourth-order valence-corrected chi connectivity index (χ4v) is 3.00. The van der Waals surface area contributed by atoms with Gasteiger partial charge in [0.1, 0.15) is 0 Å². The summed E-state index contributed by atoms with van der Waals surface area (Å²) in [5.41, 5.74) is 1.78. The van der Waals surface area contributed by atoms with Crippen LogP contribution in [0.25, 0.3) is 0 Å². The molecule has 2 amide bonds. The molecule has 0 aliphatic carbocycles. The first-order valence-electron chi connectivity index (χ1n) is 9.04. The number of hydrogen-bond acceptors (Lipinski definition) is 3. The highest BCUT2D eigenvalue weighted by molar-refractivity contribution is 6.33. The molecule has 0 bridgehead atoms. The third-order valence-electron chi connectivity index (χ3n) is 4.28. The van der Waals surface area contributed by atoms with Crippen LogP contribution in [-0.2, 0) is 9.59 Å². The monoisotopic (exact) mass is 387 g/mol. The minimum absolute atomic E-state index is 0.0996. The first-order valence-corrected chi connectivity index (χ1v) is 9.42. The number of nitrogens with one attached hydrogen (secondary N) is 2. The van der Waals surface area contributed by atoms with Gasteiger partial charge < -0.3 is 10.6 Å². The maximum absolute atomic E-state index is 12.2. The van der Waals surface area contributed by atoms with Crippen molar-refractivity contribution in [3.8, 4) is 0 Å². The molecular weight excluding hydrogens is 362 g/mol. The Bertz CT molecular complexity index is 752. The zero-order chi connectivity index (χ0) is 19.6. The molecule has 2 aromatic carbocycles. The maximum Gasteiger partial charge on any atom is 0.238 e. The molecule has 0 aliphatic heterocycles. The van der Waals surface area contributed by atoms with Gasteiger partial charge in [-0.05, 0) is 31.2 Å². The summed E-state index contributed by atoms with van der Waals surface area (Å²) in [6, 6.07) is 17.2. The van der Waals surface area contributed by atoms with Crippen molar-refractivity contribution in [1.29, 1.82) is 0 Å². The number of para-hydroxylation sites is 1. The first kappa shape index (κ1) is 20.9. The average Bonchev–Trinajstić information content (AvgIpc) is 2.65. The van der Waals surface area contributed by atoms with Gasteiger partial charge in [0.15, 0.2) is 0 Å². The topological polar surface area (TPSA) is 61.4 Å². The molecule has 1 atom stereocenters. The summed E-state index contributed by atoms with van der Waals surface area (Å²) >= 11 is 6.03. The van der Waals surface area contributed by atoms with Crippen molar-refractivity contribution in [2.24, 2.45) is 0 Å². The predicted octanol–water partition coefficient (Wildman–Crippen LogP) is 3.52. The molecule has 6 heteroatoms. The lowest BCUT2D eigenvalue weighted by Gasteiger charge is -2.19. The minimum atomic E-state index is -0.214. The van der Waals surface area contributed by atoms with E-state index < -0.39 is 0 Å². The predicted molar refractivity (Wildman–Crippen MR) is 110 cm³/mol. The largest absolute Gasteiger partial charge is 0.354 e. The number of anilines is 1. The Morgan fingerprint density at radius 1 is 1.00 bits per heavy atom. The van der Waals surface area contributed by atoms with Crippen molar-refractivity contribution in [3.05, 3.63) is 65.2 Å². The quantitative estimate of drug-likeness (QED) is 0.692. The number of rotatable bonds is 9. The van der Waals surface area contributed by atoms with Crippen LogP contribution >= 0.6 is 11.6 Å². The Hall–Kier alpha value is -2.37. The van der Waals surface area contributed by atoms with Crippen molar-refractivity contribution < 1.29 is 9.59 Å². The third-order valence-corrected chi connectivity index (χ3v) is 4.61. The van der Waals surface area contributed by atoms with Crippen LogP contribution in [0.15, 0.2) is 54.6 Å². The van der Waals surface area contributed by atoms with Gasteiger partial charge in [-0.2, -0.15) is 0 Å². The van der Waals surface area contributed by atoms with Crippen molar-refractivity contribution >= 4 is 29.1 Å². The van der Waals surface area contributed by atoms with Crippen LogP contribution in [0.1, 0.15) is 24.8 Å². The number of carbonyl (C=O) groups is 2. The van der Waals surface area contributed by atoms with Crippen LogP contribution < -0.4 is 10.6 Å². The first-order chi connectivity index (χ1) is 13.0. The van der Waals surface area contributed by atoms with Crippen LogP contribution in [0.3, 0.4) is 0 Å². The van der Waals surface area contributed by atoms with Gasteiger partial charge >= 0.3 is 0 Å². The summed E-state index contributed by atoms with van der Waals surface area (Å²) in [6.07, 6.45) is 0.945. The second kappa shape index (κ2) is 10.7. The van der Waals surface area contributed by atoms with E-state index in [9.17, 15) is 9.59 Å². The van der Waals surface area contributed by atoms with Gasteiger partial charge in [0, 0.05) is 12.5 Å². The summed E-state index contributed by atoms with van der Waals surface area (Å²) in [7, 11) is 1.74. The SMILES string of the molecule is CC[C@H](CNC(=O)CN(C)CC(=O)Nc1ccccc1Cl)c1ccccc1. The van der Waals surface area contributed by atoms with Crippen LogP contribution in [0, 0.1) is 0 Å². The molecule has 0 heterocycles. The number of nitrogens with zero attached hydrogens (tertiary/aromatic N) is 1. The van der Waals surface area contributed by atoms with E-state index in [-0.39, 0.29) is 30.8 Å². The molecule has 0 unspecified atom stereocenters. The second-order valence-corrected chi connectivity index (χ2v) is 6.93. The molecule has 2 aromatic rings. The van der Waals surface area contributed by atoms with E-state index in [0.29, 0.717) is 17.3 Å². The molecular formula is C21H26ClN3O2. The highest BCUT2D eigenvalue weighted by atomic mass is 35.5. The summed E-state index contributed by atoms with van der Waals surface area (Å²) in [4.78, 5) is 26.0. The Balaban J connectivity index is 1.76. The van der Waals surface area contributed by atoms with E-state index in [1.807, 2.05) is 18.2 Å². The smallest absolute Gasteiger partial charge is 0.238 e. The van der Waals surface area contributed by atoms with Gasteiger partial charge in [-0.3, -0.25) is 14.5 Å². The lowest BCUT2D eigenvalue weighted by molar-refractivity contribution is -0.123. The van der Waals surface area contributed by atoms with Crippen molar-refractivity contribution in [2.75, 3.05) is 32.0 Å². The molecule has 0 saturated heterocycles. The van der Waals surface area contributed by atoms with Crippen molar-refractivity contribution in [2.45, 2.75) is 19.3 Å². The molecule has 5 nitrogen and oxygen atoms in total. The number of halogens is 1. The van der Waals surface area contributed by atoms with Gasteiger partial charge in [-0.15, -0.1) is 0 Å². The summed E-state index contributed by atoms with van der Waals surface area (Å²) in [5.74, 6) is -0.0319. The molecule has 144 valence electrons. The van der Waals surface area contributed by atoms with E-state index in [0.717, 1.165) is 6.42 Å².